The van der Waals surface area contributed by atoms with Crippen LogP contribution in [-0.4, -0.2) is 18.7 Å². The topological polar surface area (TPSA) is 21.3 Å². The Balaban J connectivity index is 1.94. The van der Waals surface area contributed by atoms with Gasteiger partial charge in [0.25, 0.3) is 0 Å². The summed E-state index contributed by atoms with van der Waals surface area (Å²) in [7, 11) is 0. The van der Waals surface area contributed by atoms with Crippen molar-refractivity contribution in [1.82, 2.24) is 5.32 Å². The first-order valence-corrected chi connectivity index (χ1v) is 6.86. The zero-order valence-corrected chi connectivity index (χ0v) is 11.1. The van der Waals surface area contributed by atoms with Crippen LogP contribution in [0.5, 0.6) is 5.75 Å². The maximum Gasteiger partial charge on any atom is 0.137 e. The Kier molecular flexibility index (Phi) is 2.87. The standard InChI is InChI=1S/C13H15BrFNO/c14-11-8-10(15)7-9-1-2-13(17-12(9)11)3-5-16-6-4-13/h7-8,16H,1-6H2. The van der Waals surface area contributed by atoms with Crippen LogP contribution in [0.25, 0.3) is 0 Å². The zero-order valence-electron chi connectivity index (χ0n) is 9.56. The molecule has 0 unspecified atom stereocenters. The van der Waals surface area contributed by atoms with Crippen LogP contribution in [0.1, 0.15) is 24.8 Å². The van der Waals surface area contributed by atoms with Crippen LogP contribution in [0.15, 0.2) is 16.6 Å². The molecule has 3 rings (SSSR count). The SMILES string of the molecule is Fc1cc(Br)c2c(c1)CCC1(CCNCC1)O2. The fourth-order valence-electron chi connectivity index (χ4n) is 2.78. The van der Waals surface area contributed by atoms with E-state index in [2.05, 4.69) is 21.2 Å². The molecule has 0 aliphatic carbocycles. The minimum Gasteiger partial charge on any atom is -0.486 e. The fraction of sp³-hybridized carbons (Fsp3) is 0.538. The van der Waals surface area contributed by atoms with Crippen molar-refractivity contribution in [2.24, 2.45) is 0 Å². The lowest BCUT2D eigenvalue weighted by Crippen LogP contribution is -2.48. The Morgan fingerprint density at radius 3 is 2.76 bits per heavy atom. The monoisotopic (exact) mass is 299 g/mol. The van der Waals surface area contributed by atoms with E-state index in [1.807, 2.05) is 0 Å². The van der Waals surface area contributed by atoms with E-state index in [0.717, 1.165) is 54.6 Å². The fourth-order valence-corrected chi connectivity index (χ4v) is 3.33. The first kappa shape index (κ1) is 11.5. The maximum absolute atomic E-state index is 13.3. The minimum atomic E-state index is -0.194. The summed E-state index contributed by atoms with van der Waals surface area (Å²) in [5.74, 6) is 0.653. The number of benzene rings is 1. The van der Waals surface area contributed by atoms with Gasteiger partial charge in [-0.05, 0) is 72.4 Å². The zero-order chi connectivity index (χ0) is 11.9. The summed E-state index contributed by atoms with van der Waals surface area (Å²) < 4.78 is 20.2. The van der Waals surface area contributed by atoms with Crippen molar-refractivity contribution in [3.8, 4) is 5.75 Å². The van der Waals surface area contributed by atoms with Gasteiger partial charge in [-0.1, -0.05) is 0 Å². The second-order valence-corrected chi connectivity index (χ2v) is 5.77. The van der Waals surface area contributed by atoms with Crippen LogP contribution >= 0.6 is 15.9 Å². The number of hydrogen-bond acceptors (Lipinski definition) is 2. The number of ether oxygens (including phenoxy) is 1. The average Bonchev–Trinajstić information content (AvgIpc) is 2.32. The molecule has 2 heterocycles. The molecule has 2 aliphatic rings. The predicted molar refractivity (Wildman–Crippen MR) is 67.9 cm³/mol. The van der Waals surface area contributed by atoms with Crippen molar-refractivity contribution in [3.63, 3.8) is 0 Å². The third-order valence-corrected chi connectivity index (χ3v) is 4.36. The van der Waals surface area contributed by atoms with Gasteiger partial charge in [0, 0.05) is 0 Å². The number of piperidine rings is 1. The van der Waals surface area contributed by atoms with Crippen LogP contribution in [-0.2, 0) is 6.42 Å². The van der Waals surface area contributed by atoms with E-state index in [0.29, 0.717) is 0 Å². The molecular formula is C13H15BrFNO. The molecule has 0 saturated carbocycles. The lowest BCUT2D eigenvalue weighted by atomic mass is 9.84. The largest absolute Gasteiger partial charge is 0.486 e. The Bertz CT molecular complexity index is 443. The average molecular weight is 300 g/mol. The van der Waals surface area contributed by atoms with Gasteiger partial charge in [-0.25, -0.2) is 4.39 Å². The number of rotatable bonds is 0. The van der Waals surface area contributed by atoms with Crippen LogP contribution in [0.4, 0.5) is 4.39 Å². The van der Waals surface area contributed by atoms with Gasteiger partial charge in [-0.15, -0.1) is 0 Å². The summed E-state index contributed by atoms with van der Waals surface area (Å²) in [5.41, 5.74) is 0.958. The number of nitrogens with one attached hydrogen (secondary N) is 1. The van der Waals surface area contributed by atoms with Gasteiger partial charge >= 0.3 is 0 Å². The lowest BCUT2D eigenvalue weighted by Gasteiger charge is -2.42. The predicted octanol–water partition coefficient (Wildman–Crippen LogP) is 3.04. The number of fused-ring (bicyclic) bond motifs is 1. The molecule has 17 heavy (non-hydrogen) atoms. The van der Waals surface area contributed by atoms with Gasteiger partial charge < -0.3 is 10.1 Å². The second kappa shape index (κ2) is 4.25. The molecular weight excluding hydrogens is 285 g/mol. The molecule has 4 heteroatoms. The van der Waals surface area contributed by atoms with E-state index >= 15 is 0 Å². The van der Waals surface area contributed by atoms with Crippen molar-refractivity contribution < 1.29 is 9.13 Å². The van der Waals surface area contributed by atoms with Gasteiger partial charge in [0.2, 0.25) is 0 Å². The van der Waals surface area contributed by atoms with Gasteiger partial charge in [0.05, 0.1) is 4.47 Å². The quantitative estimate of drug-likeness (QED) is 0.795. The Morgan fingerprint density at radius 1 is 1.24 bits per heavy atom. The third-order valence-electron chi connectivity index (χ3n) is 3.77. The third kappa shape index (κ3) is 2.08. The summed E-state index contributed by atoms with van der Waals surface area (Å²) >= 11 is 3.40. The summed E-state index contributed by atoms with van der Waals surface area (Å²) in [6.45, 7) is 2.02. The molecule has 1 spiro atoms. The van der Waals surface area contributed by atoms with Crippen molar-refractivity contribution >= 4 is 15.9 Å². The van der Waals surface area contributed by atoms with Gasteiger partial charge in [-0.2, -0.15) is 0 Å². The number of halogens is 2. The highest BCUT2D eigenvalue weighted by atomic mass is 79.9. The van der Waals surface area contributed by atoms with E-state index in [1.165, 1.54) is 6.07 Å². The lowest BCUT2D eigenvalue weighted by molar-refractivity contribution is 0.0160. The Morgan fingerprint density at radius 2 is 2.00 bits per heavy atom. The Labute approximate surface area is 109 Å². The maximum atomic E-state index is 13.3. The molecule has 0 bridgehead atoms. The molecule has 2 aliphatic heterocycles. The van der Waals surface area contributed by atoms with Crippen molar-refractivity contribution in [2.75, 3.05) is 13.1 Å². The molecule has 1 fully saturated rings. The molecule has 0 radical (unpaired) electrons. The van der Waals surface area contributed by atoms with Crippen LogP contribution in [0.3, 0.4) is 0 Å². The van der Waals surface area contributed by atoms with E-state index in [9.17, 15) is 4.39 Å². The highest BCUT2D eigenvalue weighted by molar-refractivity contribution is 9.10. The van der Waals surface area contributed by atoms with Crippen LogP contribution in [0, 0.1) is 5.82 Å². The second-order valence-electron chi connectivity index (χ2n) is 4.91. The summed E-state index contributed by atoms with van der Waals surface area (Å²) in [5, 5.41) is 3.35. The van der Waals surface area contributed by atoms with Crippen LogP contribution in [0.2, 0.25) is 0 Å². The number of aryl methyl sites for hydroxylation is 1. The van der Waals surface area contributed by atoms with E-state index in [-0.39, 0.29) is 11.4 Å². The van der Waals surface area contributed by atoms with Crippen molar-refractivity contribution in [3.05, 3.63) is 28.0 Å². The van der Waals surface area contributed by atoms with E-state index in [4.69, 9.17) is 4.74 Å². The van der Waals surface area contributed by atoms with Crippen molar-refractivity contribution in [2.45, 2.75) is 31.3 Å². The molecule has 0 atom stereocenters. The molecule has 1 aromatic carbocycles. The molecule has 92 valence electrons. The number of hydrogen-bond donors (Lipinski definition) is 1. The van der Waals surface area contributed by atoms with Crippen LogP contribution < -0.4 is 10.1 Å². The van der Waals surface area contributed by atoms with Gasteiger partial charge in [0.15, 0.2) is 0 Å². The summed E-state index contributed by atoms with van der Waals surface area (Å²) in [6.07, 6.45) is 3.98. The van der Waals surface area contributed by atoms with Gasteiger partial charge in [0.1, 0.15) is 17.2 Å². The van der Waals surface area contributed by atoms with E-state index in [1.54, 1.807) is 6.07 Å². The van der Waals surface area contributed by atoms with Gasteiger partial charge in [-0.3, -0.25) is 0 Å². The smallest absolute Gasteiger partial charge is 0.137 e. The molecule has 1 saturated heterocycles. The minimum absolute atomic E-state index is 0.0292. The first-order chi connectivity index (χ1) is 8.19. The molecule has 1 N–H and O–H groups in total. The summed E-state index contributed by atoms with van der Waals surface area (Å²) in [6, 6.07) is 3.08. The van der Waals surface area contributed by atoms with E-state index < -0.39 is 0 Å². The Hall–Kier alpha value is -0.610. The molecule has 2 nitrogen and oxygen atoms in total. The normalized spacial score (nSPS) is 22.0. The molecule has 0 amide bonds. The molecule has 1 aromatic rings. The first-order valence-electron chi connectivity index (χ1n) is 6.06. The van der Waals surface area contributed by atoms with Crippen molar-refractivity contribution in [1.29, 1.82) is 0 Å². The summed E-state index contributed by atoms with van der Waals surface area (Å²) in [4.78, 5) is 0. The highest BCUT2D eigenvalue weighted by Crippen LogP contribution is 2.42. The highest BCUT2D eigenvalue weighted by Gasteiger charge is 2.38. The molecule has 0 aromatic heterocycles.